The van der Waals surface area contributed by atoms with Gasteiger partial charge in [-0.3, -0.25) is 4.79 Å². The summed E-state index contributed by atoms with van der Waals surface area (Å²) in [5, 5.41) is 3.03. The Balaban J connectivity index is 1.68. The van der Waals surface area contributed by atoms with Gasteiger partial charge in [0.15, 0.2) is 0 Å². The first-order chi connectivity index (χ1) is 12.5. The van der Waals surface area contributed by atoms with Gasteiger partial charge in [-0.25, -0.2) is 15.0 Å². The smallest absolute Gasteiger partial charge is 0.238 e. The fraction of sp³-hybridized carbons (Fsp3) is 0.333. The highest BCUT2D eigenvalue weighted by molar-refractivity contribution is 6.01. The van der Waals surface area contributed by atoms with Gasteiger partial charge in [0, 0.05) is 12.1 Å². The van der Waals surface area contributed by atoms with Gasteiger partial charge in [-0.15, -0.1) is 0 Å². The fourth-order valence-electron chi connectivity index (χ4n) is 4.99. The molecule has 2 bridgehead atoms. The minimum Gasteiger partial charge on any atom is -0.310 e. The van der Waals surface area contributed by atoms with Crippen molar-refractivity contribution in [1.29, 1.82) is 0 Å². The van der Waals surface area contributed by atoms with Crippen LogP contribution >= 0.6 is 0 Å². The number of anilines is 1. The highest BCUT2D eigenvalue weighted by Crippen LogP contribution is 2.67. The van der Waals surface area contributed by atoms with Crippen molar-refractivity contribution in [3.8, 4) is 0 Å². The molecular formula is C21H20N4O. The number of rotatable bonds is 2. The van der Waals surface area contributed by atoms with E-state index in [1.165, 1.54) is 0 Å². The highest BCUT2D eigenvalue weighted by atomic mass is 16.2. The molecule has 5 heteroatoms. The molecule has 2 aromatic heterocycles. The van der Waals surface area contributed by atoms with Crippen LogP contribution in [0.5, 0.6) is 0 Å². The lowest BCUT2D eigenvalue weighted by Gasteiger charge is -2.36. The molecule has 1 fully saturated rings. The Kier molecular flexibility index (Phi) is 3.03. The van der Waals surface area contributed by atoms with Crippen molar-refractivity contribution in [3.05, 3.63) is 60.0 Å². The zero-order valence-corrected chi connectivity index (χ0v) is 14.9. The molecule has 0 saturated heterocycles. The summed E-state index contributed by atoms with van der Waals surface area (Å²) in [6, 6.07) is 13.4. The van der Waals surface area contributed by atoms with E-state index >= 15 is 0 Å². The Hall–Kier alpha value is -2.82. The summed E-state index contributed by atoms with van der Waals surface area (Å²) in [6.45, 7) is 4.35. The van der Waals surface area contributed by atoms with Crippen LogP contribution in [0, 0.1) is 5.41 Å². The van der Waals surface area contributed by atoms with Crippen molar-refractivity contribution < 1.29 is 4.79 Å². The number of para-hydroxylation sites is 2. The van der Waals surface area contributed by atoms with Crippen molar-refractivity contribution >= 4 is 22.8 Å². The molecule has 5 rings (SSSR count). The van der Waals surface area contributed by atoms with Crippen molar-refractivity contribution in [3.63, 3.8) is 0 Å². The van der Waals surface area contributed by atoms with Crippen LogP contribution in [0.1, 0.15) is 44.0 Å². The van der Waals surface area contributed by atoms with Crippen LogP contribution in [0.3, 0.4) is 0 Å². The monoisotopic (exact) mass is 344 g/mol. The van der Waals surface area contributed by atoms with E-state index in [9.17, 15) is 4.79 Å². The van der Waals surface area contributed by atoms with Crippen LogP contribution in [-0.4, -0.2) is 20.9 Å². The third kappa shape index (κ3) is 1.80. The number of nitrogens with one attached hydrogen (secondary N) is 1. The number of pyridine rings is 1. The normalized spacial score (nSPS) is 25.2. The number of nitrogens with zero attached hydrogens (tertiary/aromatic N) is 3. The van der Waals surface area contributed by atoms with Crippen molar-refractivity contribution in [1.82, 2.24) is 15.0 Å². The van der Waals surface area contributed by atoms with E-state index in [4.69, 9.17) is 9.97 Å². The van der Waals surface area contributed by atoms with Gasteiger partial charge >= 0.3 is 0 Å². The number of amides is 1. The van der Waals surface area contributed by atoms with Gasteiger partial charge in [0.1, 0.15) is 5.82 Å². The molecule has 130 valence electrons. The SMILES string of the molecule is CC1(C)C2CCC1(C(=O)Nc1ccccn1)c1nc3ccccc3nc12. The maximum Gasteiger partial charge on any atom is 0.238 e. The van der Waals surface area contributed by atoms with Gasteiger partial charge in [0.05, 0.1) is 27.8 Å². The third-order valence-corrected chi connectivity index (χ3v) is 6.41. The fourth-order valence-corrected chi connectivity index (χ4v) is 4.99. The average Bonchev–Trinajstić information content (AvgIpc) is 3.02. The Morgan fingerprint density at radius 1 is 1.08 bits per heavy atom. The van der Waals surface area contributed by atoms with Crippen LogP contribution in [0.25, 0.3) is 11.0 Å². The van der Waals surface area contributed by atoms with Gasteiger partial charge in [-0.1, -0.05) is 32.0 Å². The first-order valence-electron chi connectivity index (χ1n) is 9.04. The number of carbonyl (C=O) groups is 1. The summed E-state index contributed by atoms with van der Waals surface area (Å²) in [7, 11) is 0. The number of hydrogen-bond donors (Lipinski definition) is 1. The number of carbonyl (C=O) groups excluding carboxylic acids is 1. The predicted molar refractivity (Wildman–Crippen MR) is 99.8 cm³/mol. The maximum absolute atomic E-state index is 13.5. The quantitative estimate of drug-likeness (QED) is 0.767. The molecule has 1 N–H and O–H groups in total. The number of hydrogen-bond acceptors (Lipinski definition) is 4. The van der Waals surface area contributed by atoms with E-state index in [2.05, 4.69) is 24.1 Å². The van der Waals surface area contributed by atoms with Gasteiger partial charge in [0.2, 0.25) is 5.91 Å². The first kappa shape index (κ1) is 15.4. The molecule has 2 heterocycles. The van der Waals surface area contributed by atoms with Gasteiger partial charge in [-0.2, -0.15) is 0 Å². The minimum absolute atomic E-state index is 0.0213. The molecule has 2 aliphatic carbocycles. The van der Waals surface area contributed by atoms with E-state index in [1.54, 1.807) is 6.20 Å². The summed E-state index contributed by atoms with van der Waals surface area (Å²) >= 11 is 0. The molecule has 3 aromatic rings. The van der Waals surface area contributed by atoms with Crippen LogP contribution in [0.4, 0.5) is 5.82 Å². The van der Waals surface area contributed by atoms with E-state index < -0.39 is 5.41 Å². The van der Waals surface area contributed by atoms with Gasteiger partial charge in [-0.05, 0) is 42.5 Å². The van der Waals surface area contributed by atoms with E-state index in [1.807, 2.05) is 42.5 Å². The average molecular weight is 344 g/mol. The van der Waals surface area contributed by atoms with Crippen LogP contribution in [0.2, 0.25) is 0 Å². The Morgan fingerprint density at radius 2 is 1.81 bits per heavy atom. The summed E-state index contributed by atoms with van der Waals surface area (Å²) in [4.78, 5) is 27.6. The molecule has 5 nitrogen and oxygen atoms in total. The Morgan fingerprint density at radius 3 is 2.54 bits per heavy atom. The molecule has 2 atom stereocenters. The second kappa shape index (κ2) is 5.10. The standard InChI is InChI=1S/C21H20N4O/c1-20(2)13-10-11-21(20,19(26)25-16-9-5-6-12-22-16)18-17(13)23-14-7-3-4-8-15(14)24-18/h3-9,12-13H,10-11H2,1-2H3,(H,22,25,26). The Labute approximate surface area is 151 Å². The molecule has 0 spiro atoms. The summed E-state index contributed by atoms with van der Waals surface area (Å²) in [5.41, 5.74) is 2.70. The zero-order valence-electron chi connectivity index (χ0n) is 14.9. The van der Waals surface area contributed by atoms with Gasteiger partial charge in [0.25, 0.3) is 0 Å². The molecule has 26 heavy (non-hydrogen) atoms. The lowest BCUT2D eigenvalue weighted by molar-refractivity contribution is -0.124. The first-order valence-corrected chi connectivity index (χ1v) is 9.04. The number of aromatic nitrogens is 3. The van der Waals surface area contributed by atoms with Crippen molar-refractivity contribution in [2.24, 2.45) is 5.41 Å². The summed E-state index contributed by atoms with van der Waals surface area (Å²) in [5.74, 6) is 0.810. The van der Waals surface area contributed by atoms with E-state index in [0.717, 1.165) is 35.3 Å². The Bertz CT molecular complexity index is 1030. The van der Waals surface area contributed by atoms with Crippen molar-refractivity contribution in [2.75, 3.05) is 5.32 Å². The van der Waals surface area contributed by atoms with E-state index in [-0.39, 0.29) is 17.2 Å². The largest absolute Gasteiger partial charge is 0.310 e. The minimum atomic E-state index is -0.665. The molecule has 2 unspecified atom stereocenters. The van der Waals surface area contributed by atoms with Crippen LogP contribution in [-0.2, 0) is 10.2 Å². The number of benzene rings is 1. The summed E-state index contributed by atoms with van der Waals surface area (Å²) in [6.07, 6.45) is 3.44. The summed E-state index contributed by atoms with van der Waals surface area (Å²) < 4.78 is 0. The lowest BCUT2D eigenvalue weighted by atomic mass is 9.67. The molecule has 2 aliphatic rings. The topological polar surface area (TPSA) is 67.8 Å². The molecule has 1 saturated carbocycles. The predicted octanol–water partition coefficient (Wildman–Crippen LogP) is 3.82. The highest BCUT2D eigenvalue weighted by Gasteiger charge is 2.67. The second-order valence-electron chi connectivity index (χ2n) is 7.83. The van der Waals surface area contributed by atoms with E-state index in [0.29, 0.717) is 5.82 Å². The molecular weight excluding hydrogens is 324 g/mol. The lowest BCUT2D eigenvalue weighted by Crippen LogP contribution is -2.46. The molecule has 1 aromatic carbocycles. The third-order valence-electron chi connectivity index (χ3n) is 6.41. The zero-order chi connectivity index (χ0) is 17.9. The molecule has 0 aliphatic heterocycles. The second-order valence-corrected chi connectivity index (χ2v) is 7.83. The van der Waals surface area contributed by atoms with Gasteiger partial charge < -0.3 is 5.32 Å². The number of fused-ring (bicyclic) bond motifs is 6. The van der Waals surface area contributed by atoms with Crippen molar-refractivity contribution in [2.45, 2.75) is 38.0 Å². The van der Waals surface area contributed by atoms with Crippen LogP contribution < -0.4 is 5.32 Å². The van der Waals surface area contributed by atoms with Crippen LogP contribution in [0.15, 0.2) is 48.7 Å². The molecule has 0 radical (unpaired) electrons. The molecule has 1 amide bonds. The maximum atomic E-state index is 13.5.